The van der Waals surface area contributed by atoms with Crippen LogP contribution in [0.5, 0.6) is 0 Å². The van der Waals surface area contributed by atoms with Gasteiger partial charge in [0.05, 0.1) is 36.4 Å². The number of nitrogens with one attached hydrogen (secondary N) is 2. The summed E-state index contributed by atoms with van der Waals surface area (Å²) in [5.41, 5.74) is 5.07. The monoisotopic (exact) mass is 559 g/mol. The third-order valence-corrected chi connectivity index (χ3v) is 8.19. The highest BCUT2D eigenvalue weighted by molar-refractivity contribution is 6.01. The standard InChI is InChI=1S/C30H37N7O4/c1-3-4-15-41-30(39)35(2)21-9-11-37(12-10-21)29(38)20-5-7-24-23(18-20)27(34-33-24)28-31-25-8-6-22(19-26(25)32-28)36-13-16-40-17-14-36/h5-8,18-19,21H,3-4,9-17H2,1-2H3,(H,31,32)(H,33,34). The second-order valence-electron chi connectivity index (χ2n) is 10.8. The van der Waals surface area contributed by atoms with E-state index in [-0.39, 0.29) is 18.0 Å². The highest BCUT2D eigenvalue weighted by atomic mass is 16.6. The minimum Gasteiger partial charge on any atom is -0.449 e. The molecule has 2 saturated heterocycles. The molecule has 2 N–H and O–H groups in total. The Bertz CT molecular complexity index is 1530. The molecule has 2 amide bonds. The number of carbonyl (C=O) groups excluding carboxylic acids is 2. The lowest BCUT2D eigenvalue weighted by Gasteiger charge is -2.36. The van der Waals surface area contributed by atoms with E-state index >= 15 is 0 Å². The van der Waals surface area contributed by atoms with Crippen LogP contribution in [0.3, 0.4) is 0 Å². The number of hydrogen-bond acceptors (Lipinski definition) is 7. The van der Waals surface area contributed by atoms with Crippen molar-refractivity contribution in [3.63, 3.8) is 0 Å². The molecule has 11 nitrogen and oxygen atoms in total. The normalized spacial score (nSPS) is 16.4. The van der Waals surface area contributed by atoms with Crippen LogP contribution in [-0.4, -0.2) is 101 Å². The number of hydrogen-bond donors (Lipinski definition) is 2. The van der Waals surface area contributed by atoms with Crippen molar-refractivity contribution < 1.29 is 19.1 Å². The van der Waals surface area contributed by atoms with E-state index in [0.717, 1.165) is 79.6 Å². The molecule has 0 atom stereocenters. The van der Waals surface area contributed by atoms with Crippen LogP contribution in [0.1, 0.15) is 43.0 Å². The Hall–Kier alpha value is -4.12. The lowest BCUT2D eigenvalue weighted by molar-refractivity contribution is 0.0593. The zero-order valence-corrected chi connectivity index (χ0v) is 23.7. The molecule has 2 aliphatic heterocycles. The molecule has 0 saturated carbocycles. The van der Waals surface area contributed by atoms with E-state index in [1.807, 2.05) is 29.2 Å². The fourth-order valence-corrected chi connectivity index (χ4v) is 5.65. The molecule has 2 aliphatic rings. The minimum absolute atomic E-state index is 0.0227. The summed E-state index contributed by atoms with van der Waals surface area (Å²) in [5.74, 6) is 0.634. The number of unbranched alkanes of at least 4 members (excludes halogenated alkanes) is 1. The summed E-state index contributed by atoms with van der Waals surface area (Å²) in [4.78, 5) is 39.9. The highest BCUT2D eigenvalue weighted by Gasteiger charge is 2.29. The number of likely N-dealkylation sites (tertiary alicyclic amines) is 1. The Morgan fingerprint density at radius 3 is 2.66 bits per heavy atom. The first-order valence-corrected chi connectivity index (χ1v) is 14.5. The maximum absolute atomic E-state index is 13.5. The van der Waals surface area contributed by atoms with E-state index in [1.165, 1.54) is 0 Å². The molecule has 2 aromatic heterocycles. The lowest BCUT2D eigenvalue weighted by Crippen LogP contribution is -2.47. The number of ether oxygens (including phenoxy) is 2. The Balaban J connectivity index is 1.16. The second kappa shape index (κ2) is 11.8. The third kappa shape index (κ3) is 5.58. The predicted molar refractivity (Wildman–Crippen MR) is 157 cm³/mol. The van der Waals surface area contributed by atoms with Crippen LogP contribution >= 0.6 is 0 Å². The van der Waals surface area contributed by atoms with Crippen molar-refractivity contribution in [3.05, 3.63) is 42.0 Å². The molecule has 2 fully saturated rings. The van der Waals surface area contributed by atoms with Gasteiger partial charge in [-0.2, -0.15) is 5.10 Å². The number of carbonyl (C=O) groups is 2. The van der Waals surface area contributed by atoms with Crippen LogP contribution in [0.4, 0.5) is 10.5 Å². The van der Waals surface area contributed by atoms with E-state index in [2.05, 4.69) is 39.1 Å². The number of H-pyrrole nitrogens is 2. The number of aromatic nitrogens is 4. The highest BCUT2D eigenvalue weighted by Crippen LogP contribution is 2.29. The quantitative estimate of drug-likeness (QED) is 0.322. The van der Waals surface area contributed by atoms with Gasteiger partial charge < -0.3 is 29.2 Å². The molecule has 4 heterocycles. The van der Waals surface area contributed by atoms with Crippen molar-refractivity contribution in [2.45, 2.75) is 38.6 Å². The summed E-state index contributed by atoms with van der Waals surface area (Å²) in [7, 11) is 1.78. The van der Waals surface area contributed by atoms with Crippen molar-refractivity contribution >= 4 is 39.6 Å². The average molecular weight is 560 g/mol. The van der Waals surface area contributed by atoms with Gasteiger partial charge >= 0.3 is 6.09 Å². The lowest BCUT2D eigenvalue weighted by atomic mass is 10.0. The molecular formula is C30H37N7O4. The second-order valence-corrected chi connectivity index (χ2v) is 10.8. The van der Waals surface area contributed by atoms with E-state index in [0.29, 0.717) is 36.8 Å². The van der Waals surface area contributed by atoms with Crippen molar-refractivity contribution in [3.8, 4) is 11.5 Å². The number of imidazole rings is 1. The van der Waals surface area contributed by atoms with Gasteiger partial charge in [0.2, 0.25) is 0 Å². The topological polar surface area (TPSA) is 120 Å². The fourth-order valence-electron chi connectivity index (χ4n) is 5.65. The first-order valence-electron chi connectivity index (χ1n) is 14.5. The largest absolute Gasteiger partial charge is 0.449 e. The first-order chi connectivity index (χ1) is 20.0. The fraction of sp³-hybridized carbons (Fsp3) is 0.467. The van der Waals surface area contributed by atoms with Crippen LogP contribution in [0.2, 0.25) is 0 Å². The summed E-state index contributed by atoms with van der Waals surface area (Å²) < 4.78 is 10.8. The van der Waals surface area contributed by atoms with E-state index in [9.17, 15) is 9.59 Å². The van der Waals surface area contributed by atoms with Crippen LogP contribution in [0, 0.1) is 0 Å². The molecule has 4 aromatic rings. The Kier molecular flexibility index (Phi) is 7.78. The number of nitrogens with zero attached hydrogens (tertiary/aromatic N) is 5. The van der Waals surface area contributed by atoms with Gasteiger partial charge in [0.15, 0.2) is 5.82 Å². The zero-order valence-electron chi connectivity index (χ0n) is 23.7. The van der Waals surface area contributed by atoms with Gasteiger partial charge in [0, 0.05) is 55.9 Å². The molecule has 6 rings (SSSR count). The number of anilines is 1. The summed E-state index contributed by atoms with van der Waals surface area (Å²) in [6.45, 7) is 6.88. The summed E-state index contributed by atoms with van der Waals surface area (Å²) >= 11 is 0. The minimum atomic E-state index is -0.288. The molecule has 0 radical (unpaired) electrons. The summed E-state index contributed by atoms with van der Waals surface area (Å²) in [6.07, 6.45) is 2.99. The molecule has 0 aliphatic carbocycles. The molecule has 0 bridgehead atoms. The smallest absolute Gasteiger partial charge is 0.409 e. The van der Waals surface area contributed by atoms with E-state index in [1.54, 1.807) is 11.9 Å². The molecule has 216 valence electrons. The van der Waals surface area contributed by atoms with Crippen molar-refractivity contribution in [2.75, 3.05) is 57.9 Å². The van der Waals surface area contributed by atoms with Gasteiger partial charge in [0.1, 0.15) is 5.69 Å². The number of aromatic amines is 2. The van der Waals surface area contributed by atoms with Gasteiger partial charge in [-0.15, -0.1) is 0 Å². The third-order valence-electron chi connectivity index (χ3n) is 8.19. The Morgan fingerprint density at radius 2 is 1.88 bits per heavy atom. The number of piperidine rings is 1. The molecule has 0 spiro atoms. The maximum Gasteiger partial charge on any atom is 0.409 e. The van der Waals surface area contributed by atoms with E-state index < -0.39 is 0 Å². The van der Waals surface area contributed by atoms with Crippen molar-refractivity contribution in [2.24, 2.45) is 0 Å². The number of rotatable bonds is 7. The molecule has 2 aromatic carbocycles. The summed E-state index contributed by atoms with van der Waals surface area (Å²) in [6, 6.07) is 11.9. The van der Waals surface area contributed by atoms with E-state index in [4.69, 9.17) is 14.5 Å². The van der Waals surface area contributed by atoms with Gasteiger partial charge in [-0.05, 0) is 55.7 Å². The van der Waals surface area contributed by atoms with Crippen LogP contribution in [-0.2, 0) is 9.47 Å². The van der Waals surface area contributed by atoms with Crippen molar-refractivity contribution in [1.29, 1.82) is 0 Å². The number of amides is 2. The van der Waals surface area contributed by atoms with Crippen LogP contribution in [0.15, 0.2) is 36.4 Å². The molecule has 11 heteroatoms. The van der Waals surface area contributed by atoms with Crippen molar-refractivity contribution in [1.82, 2.24) is 30.0 Å². The molecular weight excluding hydrogens is 522 g/mol. The number of benzene rings is 2. The van der Waals surface area contributed by atoms with Crippen LogP contribution < -0.4 is 4.90 Å². The van der Waals surface area contributed by atoms with Gasteiger partial charge in [-0.1, -0.05) is 13.3 Å². The SMILES string of the molecule is CCCCOC(=O)N(C)C1CCN(C(=O)c2ccc3[nH]nc(-c4nc5ccc(N6CCOCC6)cc5[nH]4)c3c2)CC1. The molecule has 0 unspecified atom stereocenters. The van der Waals surface area contributed by atoms with Gasteiger partial charge in [-0.3, -0.25) is 9.89 Å². The molecule has 41 heavy (non-hydrogen) atoms. The Morgan fingerprint density at radius 1 is 1.07 bits per heavy atom. The van der Waals surface area contributed by atoms with Gasteiger partial charge in [-0.25, -0.2) is 9.78 Å². The summed E-state index contributed by atoms with van der Waals surface area (Å²) in [5, 5.41) is 8.46. The van der Waals surface area contributed by atoms with Crippen LogP contribution in [0.25, 0.3) is 33.5 Å². The average Bonchev–Trinajstić information content (AvgIpc) is 3.64. The number of fused-ring (bicyclic) bond motifs is 2. The van der Waals surface area contributed by atoms with Gasteiger partial charge in [0.25, 0.3) is 5.91 Å². The Labute approximate surface area is 238 Å². The maximum atomic E-state index is 13.5. The zero-order chi connectivity index (χ0) is 28.3. The number of morpholine rings is 1. The first kappa shape index (κ1) is 27.1. The predicted octanol–water partition coefficient (Wildman–Crippen LogP) is 4.42.